The number of aromatic nitrogens is 2. The molecular weight excluding hydrogens is 416 g/mol. The molecule has 0 unspecified atom stereocenters. The van der Waals surface area contributed by atoms with Gasteiger partial charge >= 0.3 is 5.97 Å². The van der Waals surface area contributed by atoms with E-state index in [0.717, 1.165) is 95.2 Å². The number of anilines is 2. The summed E-state index contributed by atoms with van der Waals surface area (Å²) in [7, 11) is 2.17. The van der Waals surface area contributed by atoms with Gasteiger partial charge < -0.3 is 19.8 Å². The fourth-order valence-electron chi connectivity index (χ4n) is 5.29. The predicted octanol–water partition coefficient (Wildman–Crippen LogP) is 2.20. The highest BCUT2D eigenvalue weighted by Crippen LogP contribution is 2.29. The van der Waals surface area contributed by atoms with Crippen LogP contribution in [-0.2, 0) is 11.2 Å². The Bertz CT molecular complexity index is 973. The van der Waals surface area contributed by atoms with Gasteiger partial charge in [0.05, 0.1) is 0 Å². The number of fused-ring (bicyclic) bond motifs is 1. The second kappa shape index (κ2) is 9.65. The Kier molecular flexibility index (Phi) is 6.46. The SMILES string of the molecule is CN1CCN(c2ccc(-c3ncc4c(n3)N(CCCN3CCC[C@H]3C(=O)O)CC4)cc2)CC1. The summed E-state index contributed by atoms with van der Waals surface area (Å²) in [6.07, 6.45) is 5.65. The predicted molar refractivity (Wildman–Crippen MR) is 130 cm³/mol. The quantitative estimate of drug-likeness (QED) is 0.688. The molecular formula is C25H34N6O2. The topological polar surface area (TPSA) is 76.0 Å². The van der Waals surface area contributed by atoms with Crippen molar-refractivity contribution >= 4 is 17.5 Å². The van der Waals surface area contributed by atoms with Crippen molar-refractivity contribution in [2.24, 2.45) is 0 Å². The number of carboxylic acid groups (broad SMARTS) is 1. The van der Waals surface area contributed by atoms with Gasteiger partial charge in [0.25, 0.3) is 0 Å². The van der Waals surface area contributed by atoms with E-state index in [0.29, 0.717) is 0 Å². The first-order valence-electron chi connectivity index (χ1n) is 12.2. The van der Waals surface area contributed by atoms with E-state index in [1.807, 2.05) is 6.20 Å². The minimum absolute atomic E-state index is 0.307. The van der Waals surface area contributed by atoms with E-state index in [1.54, 1.807) is 0 Å². The van der Waals surface area contributed by atoms with Gasteiger partial charge in [-0.2, -0.15) is 0 Å². The first-order valence-corrected chi connectivity index (χ1v) is 12.2. The molecule has 0 aliphatic carbocycles. The Morgan fingerprint density at radius 3 is 2.61 bits per heavy atom. The number of likely N-dealkylation sites (N-methyl/N-ethyl adjacent to an activating group) is 1. The van der Waals surface area contributed by atoms with Crippen LogP contribution in [0.5, 0.6) is 0 Å². The number of carbonyl (C=O) groups is 1. The minimum Gasteiger partial charge on any atom is -0.480 e. The number of hydrogen-bond acceptors (Lipinski definition) is 7. The molecule has 4 heterocycles. The van der Waals surface area contributed by atoms with Gasteiger partial charge in [-0.15, -0.1) is 0 Å². The number of piperazine rings is 1. The van der Waals surface area contributed by atoms with Crippen molar-refractivity contribution in [2.75, 3.05) is 69.2 Å². The zero-order chi connectivity index (χ0) is 22.8. The molecule has 0 bridgehead atoms. The molecule has 0 radical (unpaired) electrons. The monoisotopic (exact) mass is 450 g/mol. The maximum absolute atomic E-state index is 11.4. The van der Waals surface area contributed by atoms with E-state index in [9.17, 15) is 9.90 Å². The fourth-order valence-corrected chi connectivity index (χ4v) is 5.29. The normalized spacial score (nSPS) is 21.5. The van der Waals surface area contributed by atoms with Crippen LogP contribution in [-0.4, -0.2) is 96.3 Å². The number of likely N-dealkylation sites (tertiary alicyclic amines) is 1. The highest BCUT2D eigenvalue weighted by Gasteiger charge is 2.30. The van der Waals surface area contributed by atoms with Crippen LogP contribution in [0.3, 0.4) is 0 Å². The maximum Gasteiger partial charge on any atom is 0.320 e. The van der Waals surface area contributed by atoms with Crippen LogP contribution in [0, 0.1) is 0 Å². The Labute approximate surface area is 195 Å². The Morgan fingerprint density at radius 1 is 1.06 bits per heavy atom. The summed E-state index contributed by atoms with van der Waals surface area (Å²) in [4.78, 5) is 30.3. The Morgan fingerprint density at radius 2 is 1.85 bits per heavy atom. The van der Waals surface area contributed by atoms with E-state index in [2.05, 4.69) is 55.9 Å². The first-order chi connectivity index (χ1) is 16.1. The maximum atomic E-state index is 11.4. The molecule has 5 rings (SSSR count). The molecule has 1 aromatic heterocycles. The van der Waals surface area contributed by atoms with Gasteiger partial charge in [0.1, 0.15) is 11.9 Å². The zero-order valence-electron chi connectivity index (χ0n) is 19.5. The van der Waals surface area contributed by atoms with E-state index >= 15 is 0 Å². The zero-order valence-corrected chi connectivity index (χ0v) is 19.5. The molecule has 3 aliphatic rings. The fraction of sp³-hybridized carbons (Fsp3) is 0.560. The lowest BCUT2D eigenvalue weighted by molar-refractivity contribution is -0.142. The molecule has 8 nitrogen and oxygen atoms in total. The third-order valence-corrected chi connectivity index (χ3v) is 7.31. The summed E-state index contributed by atoms with van der Waals surface area (Å²) < 4.78 is 0. The summed E-state index contributed by atoms with van der Waals surface area (Å²) in [5.41, 5.74) is 3.51. The average molecular weight is 451 g/mol. The van der Waals surface area contributed by atoms with E-state index in [4.69, 9.17) is 4.98 Å². The largest absolute Gasteiger partial charge is 0.480 e. The minimum atomic E-state index is -0.685. The van der Waals surface area contributed by atoms with Gasteiger partial charge in [0.2, 0.25) is 0 Å². The number of nitrogens with zero attached hydrogens (tertiary/aromatic N) is 6. The first kappa shape index (κ1) is 22.1. The average Bonchev–Trinajstić information content (AvgIpc) is 3.47. The lowest BCUT2D eigenvalue weighted by atomic mass is 10.1. The lowest BCUT2D eigenvalue weighted by Gasteiger charge is -2.34. The van der Waals surface area contributed by atoms with Crippen LogP contribution in [0.25, 0.3) is 11.4 Å². The molecule has 1 N–H and O–H groups in total. The smallest absolute Gasteiger partial charge is 0.320 e. The molecule has 33 heavy (non-hydrogen) atoms. The van der Waals surface area contributed by atoms with Gasteiger partial charge in [-0.1, -0.05) is 0 Å². The van der Waals surface area contributed by atoms with E-state index in [-0.39, 0.29) is 6.04 Å². The number of aliphatic carboxylic acids is 1. The van der Waals surface area contributed by atoms with Crippen LogP contribution in [0.1, 0.15) is 24.8 Å². The van der Waals surface area contributed by atoms with Gasteiger partial charge in [-0.3, -0.25) is 9.69 Å². The van der Waals surface area contributed by atoms with Gasteiger partial charge in [-0.25, -0.2) is 9.97 Å². The van der Waals surface area contributed by atoms with Crippen molar-refractivity contribution in [2.45, 2.75) is 31.7 Å². The molecule has 8 heteroatoms. The summed E-state index contributed by atoms with van der Waals surface area (Å²) in [6.45, 7) is 7.89. The van der Waals surface area contributed by atoms with Crippen molar-refractivity contribution in [1.82, 2.24) is 19.8 Å². The van der Waals surface area contributed by atoms with Crippen molar-refractivity contribution < 1.29 is 9.90 Å². The van der Waals surface area contributed by atoms with Crippen molar-refractivity contribution in [3.8, 4) is 11.4 Å². The second-order valence-electron chi connectivity index (χ2n) is 9.50. The molecule has 2 fully saturated rings. The van der Waals surface area contributed by atoms with Crippen molar-refractivity contribution in [3.63, 3.8) is 0 Å². The molecule has 1 atom stereocenters. The summed E-state index contributed by atoms with van der Waals surface area (Å²) in [6, 6.07) is 8.33. The molecule has 0 saturated carbocycles. The molecule has 3 aliphatic heterocycles. The van der Waals surface area contributed by atoms with Crippen LogP contribution in [0.4, 0.5) is 11.5 Å². The van der Waals surface area contributed by atoms with Crippen LogP contribution in [0.15, 0.2) is 30.5 Å². The number of benzene rings is 1. The Hall–Kier alpha value is -2.71. The Balaban J connectivity index is 1.22. The van der Waals surface area contributed by atoms with Crippen LogP contribution >= 0.6 is 0 Å². The van der Waals surface area contributed by atoms with Gasteiger partial charge in [0.15, 0.2) is 5.82 Å². The summed E-state index contributed by atoms with van der Waals surface area (Å²) in [5.74, 6) is 1.13. The van der Waals surface area contributed by atoms with E-state index in [1.165, 1.54) is 11.3 Å². The third-order valence-electron chi connectivity index (χ3n) is 7.31. The third kappa shape index (κ3) is 4.82. The summed E-state index contributed by atoms with van der Waals surface area (Å²) in [5, 5.41) is 9.39. The highest BCUT2D eigenvalue weighted by molar-refractivity contribution is 5.73. The van der Waals surface area contributed by atoms with Crippen molar-refractivity contribution in [1.29, 1.82) is 0 Å². The molecule has 1 aromatic carbocycles. The van der Waals surface area contributed by atoms with Crippen LogP contribution in [0.2, 0.25) is 0 Å². The molecule has 2 aromatic rings. The lowest BCUT2D eigenvalue weighted by Crippen LogP contribution is -2.44. The molecule has 0 spiro atoms. The number of hydrogen-bond donors (Lipinski definition) is 1. The van der Waals surface area contributed by atoms with E-state index < -0.39 is 5.97 Å². The van der Waals surface area contributed by atoms with Crippen molar-refractivity contribution in [3.05, 3.63) is 36.0 Å². The summed E-state index contributed by atoms with van der Waals surface area (Å²) >= 11 is 0. The second-order valence-corrected chi connectivity index (χ2v) is 9.50. The standard InChI is InChI=1S/C25H34N6O2/c1-28-14-16-29(17-15-28)21-7-5-19(6-8-21)23-26-18-20-9-13-31(24(20)27-23)12-3-11-30-10-2-4-22(30)25(32)33/h5-8,18,22H,2-4,9-17H2,1H3,(H,32,33)/t22-/m0/s1. The van der Waals surface area contributed by atoms with Crippen LogP contribution < -0.4 is 9.80 Å². The molecule has 176 valence electrons. The number of rotatable bonds is 7. The van der Waals surface area contributed by atoms with Gasteiger partial charge in [0, 0.05) is 68.8 Å². The molecule has 2 saturated heterocycles. The highest BCUT2D eigenvalue weighted by atomic mass is 16.4. The van der Waals surface area contributed by atoms with Gasteiger partial charge in [-0.05, 0) is 63.5 Å². The molecule has 0 amide bonds. The number of carboxylic acids is 1.